The van der Waals surface area contributed by atoms with Crippen molar-refractivity contribution >= 4 is 22.8 Å². The van der Waals surface area contributed by atoms with Crippen LogP contribution in [-0.2, 0) is 11.2 Å². The van der Waals surface area contributed by atoms with Crippen molar-refractivity contribution in [3.05, 3.63) is 35.4 Å². The number of thioether (sulfide) groups is 1. The van der Waals surface area contributed by atoms with Crippen LogP contribution in [0.25, 0.3) is 0 Å². The molecule has 3 rings (SSSR count). The molecule has 1 aromatic carbocycles. The second kappa shape index (κ2) is 6.84. The highest BCUT2D eigenvalue weighted by Crippen LogP contribution is 2.35. The minimum atomic E-state index is -0.0858. The van der Waals surface area contributed by atoms with Crippen molar-refractivity contribution < 1.29 is 4.79 Å². The smallest absolute Gasteiger partial charge is 0.262 e. The Bertz CT molecular complexity index is 564. The van der Waals surface area contributed by atoms with Crippen molar-refractivity contribution in [3.63, 3.8) is 0 Å². The van der Waals surface area contributed by atoms with Gasteiger partial charge in [0.25, 0.3) is 5.91 Å². The second-order valence-electron chi connectivity index (χ2n) is 5.89. The predicted octanol–water partition coefficient (Wildman–Crippen LogP) is 2.26. The molecule has 0 spiro atoms. The summed E-state index contributed by atoms with van der Waals surface area (Å²) in [5.74, 6) is 0.207. The Morgan fingerprint density at radius 2 is 2.00 bits per heavy atom. The zero-order chi connectivity index (χ0) is 15.5. The number of nitrogens with one attached hydrogen (secondary N) is 1. The number of amidine groups is 1. The molecule has 2 atom stereocenters. The Labute approximate surface area is 136 Å². The van der Waals surface area contributed by atoms with E-state index < -0.39 is 0 Å². The second-order valence-corrected chi connectivity index (χ2v) is 7.00. The van der Waals surface area contributed by atoms with Crippen molar-refractivity contribution in [1.82, 2.24) is 10.2 Å². The summed E-state index contributed by atoms with van der Waals surface area (Å²) in [6.07, 6.45) is 1.04. The minimum absolute atomic E-state index is 0.0191. The average Bonchev–Trinajstić information content (AvgIpc) is 2.97. The number of carbonyl (C=O) groups is 1. The number of rotatable bonds is 3. The minimum Gasteiger partial charge on any atom is -0.349 e. The summed E-state index contributed by atoms with van der Waals surface area (Å²) in [6.45, 7) is 8.09. The van der Waals surface area contributed by atoms with E-state index in [4.69, 9.17) is 0 Å². The third kappa shape index (κ3) is 3.20. The number of benzene rings is 1. The number of aliphatic imine (C=N–C) groups is 1. The van der Waals surface area contributed by atoms with Crippen LogP contribution in [0, 0.1) is 0 Å². The van der Waals surface area contributed by atoms with Crippen molar-refractivity contribution in [2.75, 3.05) is 26.2 Å². The summed E-state index contributed by atoms with van der Waals surface area (Å²) in [6, 6.07) is 8.63. The van der Waals surface area contributed by atoms with Gasteiger partial charge < -0.3 is 10.2 Å². The van der Waals surface area contributed by atoms with Gasteiger partial charge in [0.15, 0.2) is 5.17 Å². The van der Waals surface area contributed by atoms with Gasteiger partial charge in [-0.25, -0.2) is 0 Å². The molecule has 2 heterocycles. The summed E-state index contributed by atoms with van der Waals surface area (Å²) in [4.78, 5) is 18.9. The van der Waals surface area contributed by atoms with Crippen LogP contribution < -0.4 is 5.32 Å². The number of hydrogen-bond acceptors (Lipinski definition) is 4. The fourth-order valence-electron chi connectivity index (χ4n) is 2.90. The van der Waals surface area contributed by atoms with E-state index in [-0.39, 0.29) is 17.1 Å². The SMILES string of the molecule is CCc1ccc(C(C)C2SC(N3CCNCC3)=NC2=O)cc1. The molecule has 2 aliphatic heterocycles. The van der Waals surface area contributed by atoms with E-state index in [9.17, 15) is 4.79 Å². The zero-order valence-electron chi connectivity index (χ0n) is 13.2. The first-order valence-corrected chi connectivity index (χ1v) is 8.90. The molecule has 22 heavy (non-hydrogen) atoms. The number of piperazine rings is 1. The topological polar surface area (TPSA) is 44.7 Å². The predicted molar refractivity (Wildman–Crippen MR) is 92.5 cm³/mol. The van der Waals surface area contributed by atoms with Gasteiger partial charge in [-0.3, -0.25) is 4.79 Å². The summed E-state index contributed by atoms with van der Waals surface area (Å²) >= 11 is 1.64. The first kappa shape index (κ1) is 15.6. The number of hydrogen-bond donors (Lipinski definition) is 1. The molecular formula is C17H23N3OS. The van der Waals surface area contributed by atoms with Gasteiger partial charge in [0.2, 0.25) is 0 Å². The molecule has 118 valence electrons. The van der Waals surface area contributed by atoms with E-state index in [1.54, 1.807) is 11.8 Å². The van der Waals surface area contributed by atoms with Gasteiger partial charge in [-0.15, -0.1) is 0 Å². The van der Waals surface area contributed by atoms with Crippen LogP contribution >= 0.6 is 11.8 Å². The maximum absolute atomic E-state index is 12.3. The van der Waals surface area contributed by atoms with E-state index in [1.807, 2.05) is 0 Å². The summed E-state index contributed by atoms with van der Waals surface area (Å²) < 4.78 is 0. The molecule has 0 bridgehead atoms. The number of amides is 1. The molecule has 4 nitrogen and oxygen atoms in total. The molecule has 1 amide bonds. The summed E-state index contributed by atoms with van der Waals surface area (Å²) in [5.41, 5.74) is 2.55. The van der Waals surface area contributed by atoms with E-state index >= 15 is 0 Å². The van der Waals surface area contributed by atoms with E-state index in [0.29, 0.717) is 0 Å². The highest BCUT2D eigenvalue weighted by molar-refractivity contribution is 8.15. The Morgan fingerprint density at radius 1 is 1.32 bits per heavy atom. The van der Waals surface area contributed by atoms with Crippen LogP contribution in [0.2, 0.25) is 0 Å². The molecule has 0 radical (unpaired) electrons. The van der Waals surface area contributed by atoms with Crippen molar-refractivity contribution in [2.45, 2.75) is 31.4 Å². The Hall–Kier alpha value is -1.33. The van der Waals surface area contributed by atoms with Gasteiger partial charge in [0.1, 0.15) is 5.25 Å². The van der Waals surface area contributed by atoms with Gasteiger partial charge in [0, 0.05) is 32.1 Å². The van der Waals surface area contributed by atoms with Crippen molar-refractivity contribution in [2.24, 2.45) is 4.99 Å². The van der Waals surface area contributed by atoms with Crippen LogP contribution in [0.4, 0.5) is 0 Å². The van der Waals surface area contributed by atoms with Crippen LogP contribution in [0.15, 0.2) is 29.3 Å². The molecular weight excluding hydrogens is 294 g/mol. The van der Waals surface area contributed by atoms with Gasteiger partial charge in [0.05, 0.1) is 0 Å². The molecule has 2 unspecified atom stereocenters. The van der Waals surface area contributed by atoms with Crippen molar-refractivity contribution in [3.8, 4) is 0 Å². The molecule has 1 N–H and O–H groups in total. The molecule has 2 aliphatic rings. The number of nitrogens with zero attached hydrogens (tertiary/aromatic N) is 2. The molecule has 0 saturated carbocycles. The van der Waals surface area contributed by atoms with Gasteiger partial charge in [-0.05, 0) is 17.5 Å². The summed E-state index contributed by atoms with van der Waals surface area (Å²) in [5, 5.41) is 4.15. The van der Waals surface area contributed by atoms with Gasteiger partial charge in [-0.1, -0.05) is 49.9 Å². The Morgan fingerprint density at radius 3 is 2.64 bits per heavy atom. The maximum Gasteiger partial charge on any atom is 0.262 e. The lowest BCUT2D eigenvalue weighted by Crippen LogP contribution is -2.45. The molecule has 0 aromatic heterocycles. The normalized spacial score (nSPS) is 23.5. The Kier molecular flexibility index (Phi) is 4.84. The molecule has 5 heteroatoms. The first-order valence-electron chi connectivity index (χ1n) is 8.02. The zero-order valence-corrected chi connectivity index (χ0v) is 14.0. The monoisotopic (exact) mass is 317 g/mol. The Balaban J connectivity index is 1.68. The quantitative estimate of drug-likeness (QED) is 0.929. The highest BCUT2D eigenvalue weighted by Gasteiger charge is 2.36. The third-order valence-electron chi connectivity index (χ3n) is 4.44. The average molecular weight is 317 g/mol. The molecule has 1 aromatic rings. The molecule has 1 fully saturated rings. The molecule has 1 saturated heterocycles. The largest absolute Gasteiger partial charge is 0.349 e. The molecule has 0 aliphatic carbocycles. The lowest BCUT2D eigenvalue weighted by atomic mass is 9.95. The van der Waals surface area contributed by atoms with Crippen LogP contribution in [-0.4, -0.2) is 47.4 Å². The van der Waals surface area contributed by atoms with E-state index in [2.05, 4.69) is 53.3 Å². The van der Waals surface area contributed by atoms with Crippen molar-refractivity contribution in [1.29, 1.82) is 0 Å². The third-order valence-corrected chi connectivity index (χ3v) is 5.86. The van der Waals surface area contributed by atoms with E-state index in [0.717, 1.165) is 37.8 Å². The van der Waals surface area contributed by atoms with E-state index in [1.165, 1.54) is 11.1 Å². The fourth-order valence-corrected chi connectivity index (χ4v) is 4.11. The fraction of sp³-hybridized carbons (Fsp3) is 0.529. The lowest BCUT2D eigenvalue weighted by molar-refractivity contribution is -0.117. The lowest BCUT2D eigenvalue weighted by Gasteiger charge is -2.28. The van der Waals surface area contributed by atoms with Gasteiger partial charge in [-0.2, -0.15) is 4.99 Å². The van der Waals surface area contributed by atoms with Gasteiger partial charge >= 0.3 is 0 Å². The first-order chi connectivity index (χ1) is 10.7. The maximum atomic E-state index is 12.3. The van der Waals surface area contributed by atoms with Crippen LogP contribution in [0.3, 0.4) is 0 Å². The standard InChI is InChI=1S/C17H23N3OS/c1-3-13-4-6-14(7-5-13)12(2)15-16(21)19-17(22-15)20-10-8-18-9-11-20/h4-7,12,15,18H,3,8-11H2,1-2H3. The van der Waals surface area contributed by atoms with Crippen LogP contribution in [0.5, 0.6) is 0 Å². The summed E-state index contributed by atoms with van der Waals surface area (Å²) in [7, 11) is 0. The number of aryl methyl sites for hydroxylation is 1. The number of carbonyl (C=O) groups excluding carboxylic acids is 1. The highest BCUT2D eigenvalue weighted by atomic mass is 32.2. The van der Waals surface area contributed by atoms with Crippen LogP contribution in [0.1, 0.15) is 30.9 Å².